The maximum atomic E-state index is 14.8. The molecule has 1 amide bonds. The van der Waals surface area contributed by atoms with Gasteiger partial charge in [0, 0.05) is 19.6 Å². The van der Waals surface area contributed by atoms with E-state index >= 15 is 0 Å². The molecule has 0 bridgehead atoms. The fourth-order valence-electron chi connectivity index (χ4n) is 5.03. The number of aliphatic hydroxyl groups excluding tert-OH is 1. The number of β-amino-alcohol motifs (C(OH)–C–C–N with tert-alkyl or cyclic N) is 1. The number of ether oxygens (including phenoxy) is 1. The molecule has 2 aliphatic heterocycles. The molecule has 0 saturated carbocycles. The van der Waals surface area contributed by atoms with Crippen molar-refractivity contribution in [2.45, 2.75) is 51.3 Å². The summed E-state index contributed by atoms with van der Waals surface area (Å²) < 4.78 is 49.2. The molecule has 8 heteroatoms. The molecule has 0 spiro atoms. The van der Waals surface area contributed by atoms with Gasteiger partial charge in [0.05, 0.1) is 18.3 Å². The predicted molar refractivity (Wildman–Crippen MR) is 133 cm³/mol. The van der Waals surface area contributed by atoms with Gasteiger partial charge in [-0.3, -0.25) is 4.79 Å². The zero-order valence-corrected chi connectivity index (χ0v) is 21.0. The summed E-state index contributed by atoms with van der Waals surface area (Å²) in [4.78, 5) is 16.2. The van der Waals surface area contributed by atoms with Crippen molar-refractivity contribution in [3.63, 3.8) is 0 Å². The van der Waals surface area contributed by atoms with Crippen LogP contribution in [0.1, 0.15) is 49.9 Å². The molecule has 2 aliphatic rings. The van der Waals surface area contributed by atoms with Crippen LogP contribution in [0.2, 0.25) is 0 Å². The Hall–Kier alpha value is -2.58. The minimum absolute atomic E-state index is 0.0607. The van der Waals surface area contributed by atoms with Crippen molar-refractivity contribution in [1.29, 1.82) is 0 Å². The molecule has 196 valence electrons. The van der Waals surface area contributed by atoms with Crippen LogP contribution in [0.5, 0.6) is 5.75 Å². The van der Waals surface area contributed by atoms with Crippen LogP contribution in [0.3, 0.4) is 0 Å². The lowest BCUT2D eigenvalue weighted by Gasteiger charge is -2.34. The van der Waals surface area contributed by atoms with Crippen LogP contribution < -0.4 is 4.74 Å². The molecule has 36 heavy (non-hydrogen) atoms. The van der Waals surface area contributed by atoms with Crippen molar-refractivity contribution in [2.24, 2.45) is 5.92 Å². The Kier molecular flexibility index (Phi) is 8.25. The maximum absolute atomic E-state index is 14.8. The minimum Gasteiger partial charge on any atom is -0.490 e. The normalized spacial score (nSPS) is 19.9. The highest BCUT2D eigenvalue weighted by molar-refractivity contribution is 5.95. The second-order valence-corrected chi connectivity index (χ2v) is 10.6. The van der Waals surface area contributed by atoms with Crippen molar-refractivity contribution >= 4 is 5.91 Å². The van der Waals surface area contributed by atoms with E-state index in [1.54, 1.807) is 26.0 Å². The minimum atomic E-state index is -1.22. The third kappa shape index (κ3) is 6.79. The Bertz CT molecular complexity index is 1060. The molecule has 2 aromatic carbocycles. The maximum Gasteiger partial charge on any atom is 0.256 e. The molecule has 5 nitrogen and oxygen atoms in total. The number of likely N-dealkylation sites (tertiary alicyclic amines) is 2. The Morgan fingerprint density at radius 2 is 1.69 bits per heavy atom. The van der Waals surface area contributed by atoms with Crippen LogP contribution in [0, 0.1) is 17.6 Å². The van der Waals surface area contributed by atoms with E-state index in [-0.39, 0.29) is 23.8 Å². The Morgan fingerprint density at radius 3 is 2.31 bits per heavy atom. The number of nitrogens with zero attached hydrogens (tertiary/aromatic N) is 2. The summed E-state index contributed by atoms with van der Waals surface area (Å²) in [6.07, 6.45) is 2.47. The lowest BCUT2D eigenvalue weighted by atomic mass is 9.96. The van der Waals surface area contributed by atoms with E-state index in [1.807, 2.05) is 0 Å². The molecule has 0 aromatic heterocycles. The zero-order valence-electron chi connectivity index (χ0n) is 21.0. The molecule has 2 heterocycles. The summed E-state index contributed by atoms with van der Waals surface area (Å²) in [5.41, 5.74) is -0.344. The van der Waals surface area contributed by atoms with Crippen molar-refractivity contribution in [2.75, 3.05) is 39.3 Å². The van der Waals surface area contributed by atoms with E-state index in [0.717, 1.165) is 25.9 Å². The van der Waals surface area contributed by atoms with Crippen molar-refractivity contribution < 1.29 is 27.8 Å². The number of carbonyl (C=O) groups excluding carboxylic acids is 1. The number of amides is 1. The summed E-state index contributed by atoms with van der Waals surface area (Å²) in [5, 5.41) is 9.80. The van der Waals surface area contributed by atoms with Crippen LogP contribution in [0.25, 0.3) is 11.1 Å². The number of piperidine rings is 2. The van der Waals surface area contributed by atoms with Gasteiger partial charge in [0.25, 0.3) is 5.91 Å². The largest absolute Gasteiger partial charge is 0.490 e. The van der Waals surface area contributed by atoms with Crippen molar-refractivity contribution in [1.82, 2.24) is 9.80 Å². The van der Waals surface area contributed by atoms with E-state index in [2.05, 4.69) is 4.90 Å². The second-order valence-electron chi connectivity index (χ2n) is 10.6. The fraction of sp³-hybridized carbons (Fsp3) is 0.536. The highest BCUT2D eigenvalue weighted by Gasteiger charge is 2.27. The van der Waals surface area contributed by atoms with Gasteiger partial charge in [-0.05, 0) is 93.9 Å². The lowest BCUT2D eigenvalue weighted by molar-refractivity contribution is 0.0470. The summed E-state index contributed by atoms with van der Waals surface area (Å²) >= 11 is 0. The van der Waals surface area contributed by atoms with E-state index in [0.29, 0.717) is 43.7 Å². The number of benzene rings is 2. The van der Waals surface area contributed by atoms with Gasteiger partial charge in [-0.25, -0.2) is 13.2 Å². The van der Waals surface area contributed by atoms with E-state index in [1.165, 1.54) is 29.2 Å². The van der Waals surface area contributed by atoms with Crippen LogP contribution in [0.4, 0.5) is 13.2 Å². The molecular formula is C28H35F3N2O3. The summed E-state index contributed by atoms with van der Waals surface area (Å²) in [6, 6.07) is 8.75. The van der Waals surface area contributed by atoms with Gasteiger partial charge in [0.2, 0.25) is 0 Å². The molecule has 4 rings (SSSR count). The predicted octanol–water partition coefficient (Wildman–Crippen LogP) is 5.07. The van der Waals surface area contributed by atoms with Gasteiger partial charge in [0.1, 0.15) is 11.5 Å². The number of rotatable bonds is 7. The first-order valence-corrected chi connectivity index (χ1v) is 12.7. The van der Waals surface area contributed by atoms with E-state index < -0.39 is 29.3 Å². The molecule has 2 fully saturated rings. The Morgan fingerprint density at radius 1 is 1.03 bits per heavy atom. The average Bonchev–Trinajstić information content (AvgIpc) is 2.83. The summed E-state index contributed by atoms with van der Waals surface area (Å²) in [5.74, 6) is -1.25. The van der Waals surface area contributed by atoms with Crippen LogP contribution >= 0.6 is 0 Å². The van der Waals surface area contributed by atoms with Crippen LogP contribution in [-0.4, -0.2) is 71.9 Å². The van der Waals surface area contributed by atoms with Crippen molar-refractivity contribution in [3.8, 4) is 16.9 Å². The number of halogens is 3. The second kappa shape index (κ2) is 11.2. The number of carbonyl (C=O) groups is 1. The lowest BCUT2D eigenvalue weighted by Crippen LogP contribution is -2.42. The quantitative estimate of drug-likeness (QED) is 0.572. The van der Waals surface area contributed by atoms with E-state index in [9.17, 15) is 23.1 Å². The zero-order chi connectivity index (χ0) is 25.9. The Balaban J connectivity index is 1.34. The molecule has 0 radical (unpaired) electrons. The molecule has 1 unspecified atom stereocenters. The third-order valence-corrected chi connectivity index (χ3v) is 6.93. The highest BCUT2D eigenvalue weighted by Crippen LogP contribution is 2.29. The first kappa shape index (κ1) is 26.5. The number of alkyl halides is 1. The van der Waals surface area contributed by atoms with Gasteiger partial charge >= 0.3 is 0 Å². The number of hydrogen-bond donors (Lipinski definition) is 1. The SMILES string of the molecule is CC(C)(F)CN1CCC(COc2ccc(-c3ccc(C(=O)N4CCCC(O)C4)c(F)c3)cc2F)CC1. The van der Waals surface area contributed by atoms with Gasteiger partial charge in [-0.1, -0.05) is 12.1 Å². The fourth-order valence-corrected chi connectivity index (χ4v) is 5.03. The first-order valence-electron chi connectivity index (χ1n) is 12.7. The summed E-state index contributed by atoms with van der Waals surface area (Å²) in [7, 11) is 0. The monoisotopic (exact) mass is 504 g/mol. The molecule has 0 aliphatic carbocycles. The van der Waals surface area contributed by atoms with Crippen LogP contribution in [0.15, 0.2) is 36.4 Å². The van der Waals surface area contributed by atoms with Gasteiger partial charge < -0.3 is 19.6 Å². The van der Waals surface area contributed by atoms with Gasteiger partial charge in [-0.2, -0.15) is 0 Å². The molecule has 2 aromatic rings. The standard InChI is InChI=1S/C28H35F3N2O3/c1-28(2,31)18-32-12-9-19(10-13-32)17-36-26-8-6-21(15-25(26)30)20-5-7-23(24(29)14-20)27(35)33-11-3-4-22(34)16-33/h5-8,14-15,19,22,34H,3-4,9-13,16-18H2,1-2H3. The molecule has 2 saturated heterocycles. The van der Waals surface area contributed by atoms with Gasteiger partial charge in [0.15, 0.2) is 11.6 Å². The first-order chi connectivity index (χ1) is 17.1. The molecular weight excluding hydrogens is 469 g/mol. The summed E-state index contributed by atoms with van der Waals surface area (Å²) in [6.45, 7) is 6.24. The van der Waals surface area contributed by atoms with E-state index in [4.69, 9.17) is 4.74 Å². The molecule has 1 atom stereocenters. The van der Waals surface area contributed by atoms with Crippen LogP contribution in [-0.2, 0) is 0 Å². The third-order valence-electron chi connectivity index (χ3n) is 6.93. The Labute approximate surface area is 210 Å². The highest BCUT2D eigenvalue weighted by atomic mass is 19.1. The average molecular weight is 505 g/mol. The topological polar surface area (TPSA) is 53.0 Å². The smallest absolute Gasteiger partial charge is 0.256 e. The number of hydrogen-bond acceptors (Lipinski definition) is 4. The van der Waals surface area contributed by atoms with Crippen molar-refractivity contribution in [3.05, 3.63) is 53.6 Å². The van der Waals surface area contributed by atoms with Gasteiger partial charge in [-0.15, -0.1) is 0 Å². The number of aliphatic hydroxyl groups is 1. The molecule has 1 N–H and O–H groups in total.